The number of benzene rings is 1. The average Bonchev–Trinajstić information content (AvgIpc) is 3.10. The predicted molar refractivity (Wildman–Crippen MR) is 128 cm³/mol. The number of fused-ring (bicyclic) bond motifs is 1. The fourth-order valence-electron chi connectivity index (χ4n) is 4.33. The zero-order chi connectivity index (χ0) is 22.0. The summed E-state index contributed by atoms with van der Waals surface area (Å²) in [6.07, 6.45) is 8.24. The minimum atomic E-state index is 0.166. The summed E-state index contributed by atoms with van der Waals surface area (Å²) in [6.45, 7) is 7.51. The number of rotatable bonds is 7. The maximum absolute atomic E-state index is 6.20. The molecule has 6 nitrogen and oxygen atoms in total. The Balaban J connectivity index is 1.74. The normalized spacial score (nSPS) is 19.6. The highest BCUT2D eigenvalue weighted by molar-refractivity contribution is 6.30. The Bertz CT molecular complexity index is 1040. The fraction of sp³-hybridized carbons (Fsp3) is 0.542. The Morgan fingerprint density at radius 2 is 1.97 bits per heavy atom. The molecule has 0 spiro atoms. The molecule has 3 aromatic rings. The second-order valence-electron chi connectivity index (χ2n) is 9.54. The largest absolute Gasteiger partial charge is 0.330 e. The van der Waals surface area contributed by atoms with Gasteiger partial charge in [-0.2, -0.15) is 0 Å². The monoisotopic (exact) mass is 440 g/mol. The third-order valence-electron chi connectivity index (χ3n) is 6.67. The standard InChI is InChI=1S/C24H33ClN6/c1-4-24(2,3)13-21-27-15-20-22(30-21)31(19-10-8-16(14-26)9-11-19)23(29-20)28-18-7-5-6-17(25)12-18/h5-7,12,15-16,19H,4,8-11,13-14,26H2,1-3H3,(H,28,29). The van der Waals surface area contributed by atoms with Crippen molar-refractivity contribution in [3.63, 3.8) is 0 Å². The molecule has 2 heterocycles. The third-order valence-corrected chi connectivity index (χ3v) is 6.91. The van der Waals surface area contributed by atoms with Crippen LogP contribution in [-0.2, 0) is 6.42 Å². The van der Waals surface area contributed by atoms with E-state index >= 15 is 0 Å². The molecule has 7 heteroatoms. The van der Waals surface area contributed by atoms with E-state index in [0.717, 1.165) is 73.7 Å². The Kier molecular flexibility index (Phi) is 6.49. The Morgan fingerprint density at radius 1 is 1.19 bits per heavy atom. The molecule has 0 aliphatic heterocycles. The van der Waals surface area contributed by atoms with Crippen molar-refractivity contribution in [2.24, 2.45) is 17.1 Å². The van der Waals surface area contributed by atoms with Crippen LogP contribution in [0.1, 0.15) is 64.7 Å². The van der Waals surface area contributed by atoms with E-state index in [9.17, 15) is 0 Å². The zero-order valence-corrected chi connectivity index (χ0v) is 19.5. The van der Waals surface area contributed by atoms with Gasteiger partial charge in [-0.1, -0.05) is 44.9 Å². The molecule has 1 aliphatic carbocycles. The van der Waals surface area contributed by atoms with E-state index in [-0.39, 0.29) is 5.41 Å². The third kappa shape index (κ3) is 5.01. The van der Waals surface area contributed by atoms with E-state index in [0.29, 0.717) is 17.0 Å². The Morgan fingerprint density at radius 3 is 2.65 bits per heavy atom. The van der Waals surface area contributed by atoms with E-state index in [2.05, 4.69) is 35.6 Å². The molecular formula is C24H33ClN6. The number of aromatic nitrogens is 4. The van der Waals surface area contributed by atoms with Gasteiger partial charge in [-0.3, -0.25) is 4.57 Å². The van der Waals surface area contributed by atoms with Crippen molar-refractivity contribution in [1.29, 1.82) is 0 Å². The van der Waals surface area contributed by atoms with Crippen LogP contribution in [0.4, 0.5) is 11.6 Å². The molecule has 0 atom stereocenters. The number of imidazole rings is 1. The van der Waals surface area contributed by atoms with E-state index < -0.39 is 0 Å². The van der Waals surface area contributed by atoms with Gasteiger partial charge >= 0.3 is 0 Å². The molecule has 3 N–H and O–H groups in total. The Hall–Kier alpha value is -2.18. The lowest BCUT2D eigenvalue weighted by Crippen LogP contribution is -2.24. The summed E-state index contributed by atoms with van der Waals surface area (Å²) in [6, 6.07) is 8.07. The highest BCUT2D eigenvalue weighted by atomic mass is 35.5. The van der Waals surface area contributed by atoms with Gasteiger partial charge in [0.2, 0.25) is 5.95 Å². The molecule has 0 unspecified atom stereocenters. The molecule has 166 valence electrons. The lowest BCUT2D eigenvalue weighted by molar-refractivity contribution is 0.284. The van der Waals surface area contributed by atoms with Crippen LogP contribution in [0.3, 0.4) is 0 Å². The van der Waals surface area contributed by atoms with Crippen molar-refractivity contribution < 1.29 is 0 Å². The average molecular weight is 441 g/mol. The summed E-state index contributed by atoms with van der Waals surface area (Å²) < 4.78 is 2.28. The number of nitrogens with zero attached hydrogens (tertiary/aromatic N) is 4. The molecule has 0 saturated heterocycles. The summed E-state index contributed by atoms with van der Waals surface area (Å²) in [5.74, 6) is 2.30. The van der Waals surface area contributed by atoms with Crippen LogP contribution in [0, 0.1) is 11.3 Å². The van der Waals surface area contributed by atoms with Gasteiger partial charge in [0.1, 0.15) is 11.3 Å². The maximum Gasteiger partial charge on any atom is 0.209 e. The minimum Gasteiger partial charge on any atom is -0.330 e. The van der Waals surface area contributed by atoms with Crippen LogP contribution >= 0.6 is 11.6 Å². The molecule has 31 heavy (non-hydrogen) atoms. The number of nitrogens with one attached hydrogen (secondary N) is 1. The van der Waals surface area contributed by atoms with Crippen LogP contribution in [0.2, 0.25) is 5.02 Å². The van der Waals surface area contributed by atoms with Crippen molar-refractivity contribution >= 4 is 34.4 Å². The first-order chi connectivity index (χ1) is 14.9. The van der Waals surface area contributed by atoms with Crippen LogP contribution < -0.4 is 11.1 Å². The van der Waals surface area contributed by atoms with Crippen molar-refractivity contribution in [1.82, 2.24) is 19.5 Å². The van der Waals surface area contributed by atoms with Gasteiger partial charge in [0.15, 0.2) is 5.65 Å². The van der Waals surface area contributed by atoms with Gasteiger partial charge in [-0.05, 0) is 61.8 Å². The molecule has 0 amide bonds. The highest BCUT2D eigenvalue weighted by Crippen LogP contribution is 2.37. The lowest BCUT2D eigenvalue weighted by atomic mass is 9.86. The summed E-state index contributed by atoms with van der Waals surface area (Å²) >= 11 is 6.20. The summed E-state index contributed by atoms with van der Waals surface area (Å²) in [4.78, 5) is 14.5. The molecule has 2 aromatic heterocycles. The molecule has 1 fully saturated rings. The number of nitrogens with two attached hydrogens (primary N) is 1. The van der Waals surface area contributed by atoms with E-state index in [1.54, 1.807) is 0 Å². The molecular weight excluding hydrogens is 408 g/mol. The second kappa shape index (κ2) is 9.13. The smallest absolute Gasteiger partial charge is 0.209 e. The minimum absolute atomic E-state index is 0.166. The first-order valence-corrected chi connectivity index (χ1v) is 11.7. The molecule has 0 bridgehead atoms. The Labute approximate surface area is 189 Å². The summed E-state index contributed by atoms with van der Waals surface area (Å²) in [5.41, 5.74) is 8.75. The van der Waals surface area contributed by atoms with Crippen LogP contribution in [-0.4, -0.2) is 26.1 Å². The molecule has 1 aromatic carbocycles. The van der Waals surface area contributed by atoms with Crippen molar-refractivity contribution in [3.8, 4) is 0 Å². The number of anilines is 2. The molecule has 4 rings (SSSR count). The van der Waals surface area contributed by atoms with Crippen LogP contribution in [0.5, 0.6) is 0 Å². The first kappa shape index (κ1) is 22.0. The van der Waals surface area contributed by atoms with Crippen molar-refractivity contribution in [2.75, 3.05) is 11.9 Å². The van der Waals surface area contributed by atoms with Crippen molar-refractivity contribution in [3.05, 3.63) is 41.3 Å². The van der Waals surface area contributed by atoms with Gasteiger partial charge in [-0.25, -0.2) is 15.0 Å². The quantitative estimate of drug-likeness (QED) is 0.478. The molecule has 1 aliphatic rings. The topological polar surface area (TPSA) is 81.7 Å². The van der Waals surface area contributed by atoms with Crippen LogP contribution in [0.15, 0.2) is 30.5 Å². The highest BCUT2D eigenvalue weighted by Gasteiger charge is 2.27. The number of halogens is 1. The van der Waals surface area contributed by atoms with Gasteiger partial charge in [-0.15, -0.1) is 0 Å². The maximum atomic E-state index is 6.20. The summed E-state index contributed by atoms with van der Waals surface area (Å²) in [5, 5.41) is 4.17. The van der Waals surface area contributed by atoms with Gasteiger partial charge in [0.25, 0.3) is 0 Å². The second-order valence-corrected chi connectivity index (χ2v) is 9.98. The fourth-order valence-corrected chi connectivity index (χ4v) is 4.52. The molecule has 1 saturated carbocycles. The molecule has 0 radical (unpaired) electrons. The first-order valence-electron chi connectivity index (χ1n) is 11.3. The SMILES string of the molecule is CCC(C)(C)Cc1ncc2nc(Nc3cccc(Cl)c3)n(C3CCC(CN)CC3)c2n1. The van der Waals surface area contributed by atoms with Crippen molar-refractivity contribution in [2.45, 2.75) is 65.3 Å². The van der Waals surface area contributed by atoms with E-state index in [4.69, 9.17) is 27.3 Å². The predicted octanol–water partition coefficient (Wildman–Crippen LogP) is 5.89. The van der Waals surface area contributed by atoms with Gasteiger partial charge in [0.05, 0.1) is 6.20 Å². The van der Waals surface area contributed by atoms with Gasteiger partial charge in [0, 0.05) is 23.2 Å². The lowest BCUT2D eigenvalue weighted by Gasteiger charge is -2.30. The van der Waals surface area contributed by atoms with Gasteiger partial charge < -0.3 is 11.1 Å². The summed E-state index contributed by atoms with van der Waals surface area (Å²) in [7, 11) is 0. The number of hydrogen-bond donors (Lipinski definition) is 2. The van der Waals surface area contributed by atoms with E-state index in [1.807, 2.05) is 30.5 Å². The van der Waals surface area contributed by atoms with E-state index in [1.165, 1.54) is 0 Å². The number of hydrogen-bond acceptors (Lipinski definition) is 5. The zero-order valence-electron chi connectivity index (χ0n) is 18.7. The van der Waals surface area contributed by atoms with Crippen LogP contribution in [0.25, 0.3) is 11.2 Å².